The maximum atomic E-state index is 11.6. The summed E-state index contributed by atoms with van der Waals surface area (Å²) in [6.45, 7) is 9.94. The van der Waals surface area contributed by atoms with E-state index in [2.05, 4.69) is 57.8 Å². The van der Waals surface area contributed by atoms with Crippen molar-refractivity contribution in [2.24, 2.45) is 10.9 Å². The fourth-order valence-electron chi connectivity index (χ4n) is 2.92. The topological polar surface area (TPSA) is 56.7 Å². The van der Waals surface area contributed by atoms with Crippen molar-refractivity contribution >= 4 is 35.8 Å². The molecule has 5 nitrogen and oxygen atoms in total. The van der Waals surface area contributed by atoms with Gasteiger partial charge in [0.1, 0.15) is 0 Å². The van der Waals surface area contributed by atoms with Crippen LogP contribution in [-0.2, 0) is 4.79 Å². The molecule has 0 saturated carbocycles. The third kappa shape index (κ3) is 6.84. The van der Waals surface area contributed by atoms with Crippen LogP contribution in [0.3, 0.4) is 0 Å². The molecule has 1 aliphatic heterocycles. The summed E-state index contributed by atoms with van der Waals surface area (Å²) in [6.07, 6.45) is 1.15. The maximum absolute atomic E-state index is 11.6. The first kappa shape index (κ1) is 21.7. The van der Waals surface area contributed by atoms with E-state index in [-0.39, 0.29) is 35.8 Å². The number of likely N-dealkylation sites (tertiary alicyclic amines) is 1. The Balaban J connectivity index is 0.00000312. The van der Waals surface area contributed by atoms with E-state index < -0.39 is 0 Å². The molecule has 2 rings (SSSR count). The van der Waals surface area contributed by atoms with Gasteiger partial charge in [0, 0.05) is 38.0 Å². The summed E-state index contributed by atoms with van der Waals surface area (Å²) in [6, 6.07) is 10.7. The van der Waals surface area contributed by atoms with Crippen LogP contribution in [0.4, 0.5) is 0 Å². The molecule has 1 amide bonds. The Bertz CT molecular complexity index is 548. The number of guanidine groups is 1. The van der Waals surface area contributed by atoms with Crippen LogP contribution in [0.1, 0.15) is 38.7 Å². The molecule has 1 atom stereocenters. The first-order valence-electron chi connectivity index (χ1n) is 8.97. The SMILES string of the molecule is CCNC(=NCCNC(=O)C(C)C)N1CCC(c2ccccc2)C1.I. The van der Waals surface area contributed by atoms with E-state index in [1.807, 2.05) is 13.8 Å². The summed E-state index contributed by atoms with van der Waals surface area (Å²) in [7, 11) is 0. The lowest BCUT2D eigenvalue weighted by atomic mass is 9.99. The molecule has 0 radical (unpaired) electrons. The third-order valence-corrected chi connectivity index (χ3v) is 4.29. The molecule has 1 aliphatic rings. The van der Waals surface area contributed by atoms with E-state index in [4.69, 9.17) is 0 Å². The van der Waals surface area contributed by atoms with Gasteiger partial charge in [-0.3, -0.25) is 9.79 Å². The van der Waals surface area contributed by atoms with Crippen LogP contribution in [0.25, 0.3) is 0 Å². The Morgan fingerprint density at radius 2 is 2.00 bits per heavy atom. The van der Waals surface area contributed by atoms with Gasteiger partial charge in [-0.05, 0) is 18.9 Å². The lowest BCUT2D eigenvalue weighted by Gasteiger charge is -2.22. The highest BCUT2D eigenvalue weighted by atomic mass is 127. The van der Waals surface area contributed by atoms with Gasteiger partial charge in [-0.25, -0.2) is 0 Å². The second kappa shape index (κ2) is 11.3. The Morgan fingerprint density at radius 3 is 2.64 bits per heavy atom. The molecule has 1 unspecified atom stereocenters. The number of benzene rings is 1. The summed E-state index contributed by atoms with van der Waals surface area (Å²) in [5.74, 6) is 1.62. The molecule has 1 saturated heterocycles. The second-order valence-electron chi connectivity index (χ2n) is 6.52. The highest BCUT2D eigenvalue weighted by molar-refractivity contribution is 14.0. The summed E-state index contributed by atoms with van der Waals surface area (Å²) < 4.78 is 0. The van der Waals surface area contributed by atoms with E-state index in [1.165, 1.54) is 5.56 Å². The van der Waals surface area contributed by atoms with Crippen molar-refractivity contribution in [3.63, 3.8) is 0 Å². The molecule has 1 aromatic carbocycles. The second-order valence-corrected chi connectivity index (χ2v) is 6.52. The monoisotopic (exact) mass is 458 g/mol. The number of nitrogens with zero attached hydrogens (tertiary/aromatic N) is 2. The van der Waals surface area contributed by atoms with Gasteiger partial charge in [-0.15, -0.1) is 24.0 Å². The highest BCUT2D eigenvalue weighted by Gasteiger charge is 2.25. The maximum Gasteiger partial charge on any atom is 0.222 e. The number of rotatable bonds is 6. The van der Waals surface area contributed by atoms with Crippen LogP contribution in [0.15, 0.2) is 35.3 Å². The molecule has 0 aromatic heterocycles. The van der Waals surface area contributed by atoms with Crippen molar-refractivity contribution in [3.05, 3.63) is 35.9 Å². The minimum atomic E-state index is 0. The van der Waals surface area contributed by atoms with E-state index >= 15 is 0 Å². The molecule has 0 bridgehead atoms. The van der Waals surface area contributed by atoms with E-state index in [0.717, 1.165) is 32.0 Å². The molecular weight excluding hydrogens is 427 g/mol. The van der Waals surface area contributed by atoms with Crippen LogP contribution >= 0.6 is 24.0 Å². The molecule has 0 aliphatic carbocycles. The predicted octanol–water partition coefficient (Wildman–Crippen LogP) is 2.83. The minimum Gasteiger partial charge on any atom is -0.357 e. The van der Waals surface area contributed by atoms with Crippen molar-refractivity contribution in [1.29, 1.82) is 0 Å². The summed E-state index contributed by atoms with van der Waals surface area (Å²) in [5.41, 5.74) is 1.40. The van der Waals surface area contributed by atoms with Gasteiger partial charge in [0.25, 0.3) is 0 Å². The van der Waals surface area contributed by atoms with Crippen molar-refractivity contribution in [1.82, 2.24) is 15.5 Å². The zero-order valence-corrected chi connectivity index (χ0v) is 17.8. The first-order chi connectivity index (χ1) is 11.6. The Hall–Kier alpha value is -1.31. The fourth-order valence-corrected chi connectivity index (χ4v) is 2.92. The van der Waals surface area contributed by atoms with Crippen LogP contribution in [0.2, 0.25) is 0 Å². The molecular formula is C19H31IN4O. The normalized spacial score (nSPS) is 17.4. The molecule has 6 heteroatoms. The van der Waals surface area contributed by atoms with Crippen LogP contribution in [-0.4, -0.2) is 49.5 Å². The smallest absolute Gasteiger partial charge is 0.222 e. The number of hydrogen-bond donors (Lipinski definition) is 2. The van der Waals surface area contributed by atoms with Crippen LogP contribution in [0, 0.1) is 5.92 Å². The van der Waals surface area contributed by atoms with E-state index in [0.29, 0.717) is 19.0 Å². The standard InChI is InChI=1S/C19H30N4O.HI/c1-4-20-19(22-12-11-21-18(24)15(2)3)23-13-10-17(14-23)16-8-6-5-7-9-16;/h5-9,15,17H,4,10-14H2,1-3H3,(H,20,22)(H,21,24);1H. The number of amides is 1. The van der Waals surface area contributed by atoms with Crippen molar-refractivity contribution < 1.29 is 4.79 Å². The Morgan fingerprint density at radius 1 is 1.28 bits per heavy atom. The molecule has 1 fully saturated rings. The van der Waals surface area contributed by atoms with Gasteiger partial charge >= 0.3 is 0 Å². The summed E-state index contributed by atoms with van der Waals surface area (Å²) in [4.78, 5) is 18.6. The molecule has 1 aromatic rings. The summed E-state index contributed by atoms with van der Waals surface area (Å²) in [5, 5.41) is 6.28. The van der Waals surface area contributed by atoms with Gasteiger partial charge in [0.15, 0.2) is 5.96 Å². The average molecular weight is 458 g/mol. The molecule has 1 heterocycles. The van der Waals surface area contributed by atoms with Gasteiger partial charge < -0.3 is 15.5 Å². The number of carbonyl (C=O) groups is 1. The van der Waals surface area contributed by atoms with Crippen molar-refractivity contribution in [3.8, 4) is 0 Å². The van der Waals surface area contributed by atoms with Gasteiger partial charge in [-0.2, -0.15) is 0 Å². The number of carbonyl (C=O) groups excluding carboxylic acids is 1. The average Bonchev–Trinajstić information content (AvgIpc) is 3.08. The van der Waals surface area contributed by atoms with Gasteiger partial charge in [0.2, 0.25) is 5.91 Å². The number of nitrogens with one attached hydrogen (secondary N) is 2. The van der Waals surface area contributed by atoms with E-state index in [9.17, 15) is 4.79 Å². The zero-order valence-electron chi connectivity index (χ0n) is 15.5. The number of hydrogen-bond acceptors (Lipinski definition) is 2. The zero-order chi connectivity index (χ0) is 17.4. The lowest BCUT2D eigenvalue weighted by molar-refractivity contribution is -0.123. The lowest BCUT2D eigenvalue weighted by Crippen LogP contribution is -2.40. The number of aliphatic imine (C=N–C) groups is 1. The molecule has 2 N–H and O–H groups in total. The van der Waals surface area contributed by atoms with Crippen LogP contribution < -0.4 is 10.6 Å². The fraction of sp³-hybridized carbons (Fsp3) is 0.579. The predicted molar refractivity (Wildman–Crippen MR) is 115 cm³/mol. The Labute approximate surface area is 168 Å². The molecule has 25 heavy (non-hydrogen) atoms. The number of halogens is 1. The molecule has 0 spiro atoms. The highest BCUT2D eigenvalue weighted by Crippen LogP contribution is 2.26. The van der Waals surface area contributed by atoms with Gasteiger partial charge in [-0.1, -0.05) is 44.2 Å². The quantitative estimate of drug-likeness (QED) is 0.299. The van der Waals surface area contributed by atoms with Gasteiger partial charge in [0.05, 0.1) is 6.54 Å². The third-order valence-electron chi connectivity index (χ3n) is 4.29. The molecule has 140 valence electrons. The Kier molecular flexibility index (Phi) is 9.85. The summed E-state index contributed by atoms with van der Waals surface area (Å²) >= 11 is 0. The van der Waals surface area contributed by atoms with Crippen molar-refractivity contribution in [2.45, 2.75) is 33.1 Å². The van der Waals surface area contributed by atoms with Crippen molar-refractivity contribution in [2.75, 3.05) is 32.7 Å². The minimum absolute atomic E-state index is 0. The largest absolute Gasteiger partial charge is 0.357 e. The van der Waals surface area contributed by atoms with E-state index in [1.54, 1.807) is 0 Å². The first-order valence-corrected chi connectivity index (χ1v) is 8.97. The van der Waals surface area contributed by atoms with Crippen LogP contribution in [0.5, 0.6) is 0 Å².